The van der Waals surface area contributed by atoms with Gasteiger partial charge >= 0.3 is 0 Å². The average Bonchev–Trinajstić information content (AvgIpc) is 3.41. The minimum absolute atomic E-state index is 0.0595. The Bertz CT molecular complexity index is 1110. The zero-order valence-electron chi connectivity index (χ0n) is 16.8. The number of aromatic nitrogens is 3. The molecule has 5 nitrogen and oxygen atoms in total. The highest BCUT2D eigenvalue weighted by Gasteiger charge is 2.21. The highest BCUT2D eigenvalue weighted by atomic mass is 32.2. The Labute approximate surface area is 184 Å². The molecular weight excluding hydrogens is 412 g/mol. The van der Waals surface area contributed by atoms with Crippen molar-refractivity contribution in [1.82, 2.24) is 14.8 Å². The minimum Gasteiger partial charge on any atom is -0.325 e. The van der Waals surface area contributed by atoms with E-state index < -0.39 is 0 Å². The van der Waals surface area contributed by atoms with Gasteiger partial charge in [0.15, 0.2) is 11.0 Å². The number of rotatable bonds is 7. The lowest BCUT2D eigenvalue weighted by molar-refractivity contribution is -0.115. The number of thiophene rings is 1. The van der Waals surface area contributed by atoms with Gasteiger partial charge in [-0.25, -0.2) is 0 Å². The maximum atomic E-state index is 12.7. The number of thioether (sulfide) groups is 1. The summed E-state index contributed by atoms with van der Waals surface area (Å²) in [7, 11) is 0. The van der Waals surface area contributed by atoms with E-state index in [4.69, 9.17) is 0 Å². The standard InChI is InChI=1S/C23H22N4OS2/c1-16-10-12-19(13-11-16)24-22(28)17(2)30-23-26-25-21(20-9-6-14-29-20)27(23)15-18-7-4-3-5-8-18/h3-14,17H,15H2,1-2H3,(H,24,28). The molecule has 30 heavy (non-hydrogen) atoms. The number of anilines is 1. The fourth-order valence-electron chi connectivity index (χ4n) is 2.96. The van der Waals surface area contributed by atoms with E-state index in [1.807, 2.05) is 73.8 Å². The second-order valence-electron chi connectivity index (χ2n) is 6.97. The van der Waals surface area contributed by atoms with Crippen LogP contribution in [0.2, 0.25) is 0 Å². The van der Waals surface area contributed by atoms with Crippen LogP contribution in [-0.2, 0) is 11.3 Å². The Hall–Kier alpha value is -2.90. The van der Waals surface area contributed by atoms with Crippen molar-refractivity contribution in [2.75, 3.05) is 5.32 Å². The normalized spacial score (nSPS) is 11.9. The number of carbonyl (C=O) groups excluding carboxylic acids is 1. The van der Waals surface area contributed by atoms with Gasteiger partial charge in [-0.2, -0.15) is 0 Å². The number of aryl methyl sites for hydroxylation is 1. The fourth-order valence-corrected chi connectivity index (χ4v) is 4.53. The SMILES string of the molecule is Cc1ccc(NC(=O)C(C)Sc2nnc(-c3cccs3)n2Cc2ccccc2)cc1. The molecule has 1 amide bonds. The molecule has 2 heterocycles. The van der Waals surface area contributed by atoms with Crippen molar-refractivity contribution in [3.63, 3.8) is 0 Å². The first-order valence-corrected chi connectivity index (χ1v) is 11.4. The molecule has 0 aliphatic rings. The summed E-state index contributed by atoms with van der Waals surface area (Å²) in [4.78, 5) is 13.8. The first kappa shape index (κ1) is 20.4. The molecule has 1 unspecified atom stereocenters. The van der Waals surface area contributed by atoms with Gasteiger partial charge in [0, 0.05) is 5.69 Å². The van der Waals surface area contributed by atoms with Crippen molar-refractivity contribution in [2.45, 2.75) is 30.8 Å². The Morgan fingerprint density at radius 2 is 1.83 bits per heavy atom. The average molecular weight is 435 g/mol. The van der Waals surface area contributed by atoms with Gasteiger partial charge < -0.3 is 5.32 Å². The third-order valence-electron chi connectivity index (χ3n) is 4.61. The van der Waals surface area contributed by atoms with E-state index in [2.05, 4.69) is 32.2 Å². The van der Waals surface area contributed by atoms with E-state index in [1.165, 1.54) is 11.8 Å². The number of nitrogens with one attached hydrogen (secondary N) is 1. The molecule has 152 valence electrons. The zero-order valence-corrected chi connectivity index (χ0v) is 18.4. The van der Waals surface area contributed by atoms with Gasteiger partial charge in [-0.05, 0) is 43.0 Å². The summed E-state index contributed by atoms with van der Waals surface area (Å²) in [6.07, 6.45) is 0. The highest BCUT2D eigenvalue weighted by Crippen LogP contribution is 2.30. The van der Waals surface area contributed by atoms with Gasteiger partial charge in [0.2, 0.25) is 5.91 Å². The van der Waals surface area contributed by atoms with Crippen LogP contribution in [0.4, 0.5) is 5.69 Å². The summed E-state index contributed by atoms with van der Waals surface area (Å²) in [5, 5.41) is 14.3. The molecule has 7 heteroatoms. The number of carbonyl (C=O) groups is 1. The van der Waals surface area contributed by atoms with Crippen molar-refractivity contribution in [2.24, 2.45) is 0 Å². The maximum Gasteiger partial charge on any atom is 0.237 e. The Balaban J connectivity index is 1.55. The van der Waals surface area contributed by atoms with Gasteiger partial charge in [-0.3, -0.25) is 9.36 Å². The van der Waals surface area contributed by atoms with Crippen molar-refractivity contribution in [3.05, 3.63) is 83.2 Å². The monoisotopic (exact) mass is 434 g/mol. The summed E-state index contributed by atoms with van der Waals surface area (Å²) < 4.78 is 2.08. The first-order chi connectivity index (χ1) is 14.6. The van der Waals surface area contributed by atoms with Crippen molar-refractivity contribution in [3.8, 4) is 10.7 Å². The van der Waals surface area contributed by atoms with Crippen LogP contribution in [0.3, 0.4) is 0 Å². The van der Waals surface area contributed by atoms with Crippen LogP contribution in [-0.4, -0.2) is 25.9 Å². The molecule has 0 bridgehead atoms. The molecule has 4 rings (SSSR count). The molecule has 2 aromatic carbocycles. The number of amides is 1. The largest absolute Gasteiger partial charge is 0.325 e. The third-order valence-corrected chi connectivity index (χ3v) is 6.56. The third kappa shape index (κ3) is 4.80. The van der Waals surface area contributed by atoms with Crippen LogP contribution in [0.15, 0.2) is 77.3 Å². The number of hydrogen-bond acceptors (Lipinski definition) is 5. The smallest absolute Gasteiger partial charge is 0.237 e. The fraction of sp³-hybridized carbons (Fsp3) is 0.174. The second-order valence-corrected chi connectivity index (χ2v) is 9.23. The topological polar surface area (TPSA) is 59.8 Å². The molecule has 0 saturated carbocycles. The summed E-state index contributed by atoms with van der Waals surface area (Å²) in [5.74, 6) is 0.762. The Morgan fingerprint density at radius 3 is 2.53 bits per heavy atom. The summed E-state index contributed by atoms with van der Waals surface area (Å²) in [6.45, 7) is 4.56. The van der Waals surface area contributed by atoms with Crippen LogP contribution in [0.25, 0.3) is 10.7 Å². The van der Waals surface area contributed by atoms with Crippen LogP contribution in [0.1, 0.15) is 18.1 Å². The molecule has 0 radical (unpaired) electrons. The zero-order chi connectivity index (χ0) is 20.9. The van der Waals surface area contributed by atoms with Crippen molar-refractivity contribution in [1.29, 1.82) is 0 Å². The van der Waals surface area contributed by atoms with E-state index in [1.54, 1.807) is 11.3 Å². The van der Waals surface area contributed by atoms with E-state index in [0.29, 0.717) is 6.54 Å². The Morgan fingerprint density at radius 1 is 1.07 bits per heavy atom. The summed E-state index contributed by atoms with van der Waals surface area (Å²) >= 11 is 3.05. The van der Waals surface area contributed by atoms with Gasteiger partial charge in [0.05, 0.1) is 16.7 Å². The molecular formula is C23H22N4OS2. The molecule has 0 fully saturated rings. The Kier molecular flexibility index (Phi) is 6.30. The maximum absolute atomic E-state index is 12.7. The molecule has 1 atom stereocenters. The predicted octanol–water partition coefficient (Wildman–Crippen LogP) is 5.48. The lowest BCUT2D eigenvalue weighted by Gasteiger charge is -2.14. The van der Waals surface area contributed by atoms with Crippen molar-refractivity contribution < 1.29 is 4.79 Å². The summed E-state index contributed by atoms with van der Waals surface area (Å²) in [5.41, 5.74) is 3.11. The molecule has 0 aliphatic heterocycles. The van der Waals surface area contributed by atoms with Gasteiger partial charge in [-0.1, -0.05) is 65.9 Å². The summed E-state index contributed by atoms with van der Waals surface area (Å²) in [6, 6.07) is 22.1. The van der Waals surface area contributed by atoms with Crippen LogP contribution < -0.4 is 5.32 Å². The van der Waals surface area contributed by atoms with Crippen LogP contribution in [0.5, 0.6) is 0 Å². The number of nitrogens with zero attached hydrogens (tertiary/aromatic N) is 3. The lowest BCUT2D eigenvalue weighted by Crippen LogP contribution is -2.23. The van der Waals surface area contributed by atoms with Gasteiger partial charge in [-0.15, -0.1) is 21.5 Å². The lowest BCUT2D eigenvalue weighted by atomic mass is 10.2. The highest BCUT2D eigenvalue weighted by molar-refractivity contribution is 8.00. The predicted molar refractivity (Wildman–Crippen MR) is 124 cm³/mol. The van der Waals surface area contributed by atoms with E-state index in [-0.39, 0.29) is 11.2 Å². The molecule has 4 aromatic rings. The van der Waals surface area contributed by atoms with E-state index in [0.717, 1.165) is 32.7 Å². The van der Waals surface area contributed by atoms with Crippen LogP contribution >= 0.6 is 23.1 Å². The van der Waals surface area contributed by atoms with Gasteiger partial charge in [0.25, 0.3) is 0 Å². The number of hydrogen-bond donors (Lipinski definition) is 1. The minimum atomic E-state index is -0.318. The quantitative estimate of drug-likeness (QED) is 0.391. The molecule has 0 spiro atoms. The van der Waals surface area contributed by atoms with E-state index >= 15 is 0 Å². The van der Waals surface area contributed by atoms with Crippen molar-refractivity contribution >= 4 is 34.7 Å². The molecule has 0 saturated heterocycles. The van der Waals surface area contributed by atoms with Gasteiger partial charge in [0.1, 0.15) is 0 Å². The molecule has 0 aliphatic carbocycles. The molecule has 1 N–H and O–H groups in total. The van der Waals surface area contributed by atoms with Crippen LogP contribution in [0, 0.1) is 6.92 Å². The molecule has 2 aromatic heterocycles. The first-order valence-electron chi connectivity index (χ1n) is 9.65. The van der Waals surface area contributed by atoms with E-state index in [9.17, 15) is 4.79 Å². The second kappa shape index (κ2) is 9.28. The number of benzene rings is 2.